The monoisotopic (exact) mass is 401 g/mol. The fraction of sp³-hybridized carbons (Fsp3) is 0.588. The summed E-state index contributed by atoms with van der Waals surface area (Å²) in [6, 6.07) is 7.39. The van der Waals surface area contributed by atoms with Gasteiger partial charge in [0.2, 0.25) is 5.91 Å². The molecule has 0 aliphatic carbocycles. The van der Waals surface area contributed by atoms with Crippen LogP contribution in [0.3, 0.4) is 0 Å². The number of methoxy groups -OCH3 is 1. The molecule has 1 aromatic rings. The molecular weight excluding hydrogens is 378 g/mol. The van der Waals surface area contributed by atoms with Gasteiger partial charge in [-0.05, 0) is 12.1 Å². The number of ether oxygens (including phenoxy) is 1. The Balaban J connectivity index is 1.49. The second-order valence-electron chi connectivity index (χ2n) is 6.70. The fourth-order valence-electron chi connectivity index (χ4n) is 3.43. The highest BCUT2D eigenvalue weighted by Crippen LogP contribution is 2.28. The highest BCUT2D eigenvalue weighted by Gasteiger charge is 2.37. The summed E-state index contributed by atoms with van der Waals surface area (Å²) in [5.74, 6) is 0.517. The lowest BCUT2D eigenvalue weighted by Gasteiger charge is -2.36. The molecule has 2 saturated heterocycles. The molecule has 1 aromatic carbocycles. The van der Waals surface area contributed by atoms with Crippen LogP contribution < -0.4 is 15.0 Å². The van der Waals surface area contributed by atoms with Crippen molar-refractivity contribution in [2.75, 3.05) is 56.2 Å². The van der Waals surface area contributed by atoms with Gasteiger partial charge >= 0.3 is 0 Å². The first-order valence-electron chi connectivity index (χ1n) is 8.62. The minimum absolute atomic E-state index is 0.0723. The quantitative estimate of drug-likeness (QED) is 0.717. The standard InChI is InChI=1S/C17H24ClN3O4S/c1-25-16-5-3-2-4-15(16)21-8-6-20(7-9-21)10-17(22)19-14-12-26(23,24)11-13(14)18/h2-5,13-14H,6-12H2,1H3,(H,19,22)/t13-,14-/m0/s1. The molecule has 7 nitrogen and oxygen atoms in total. The van der Waals surface area contributed by atoms with E-state index in [9.17, 15) is 13.2 Å². The Morgan fingerprint density at radius 3 is 2.54 bits per heavy atom. The van der Waals surface area contributed by atoms with E-state index in [1.807, 2.05) is 24.3 Å². The topological polar surface area (TPSA) is 79.0 Å². The number of nitrogens with one attached hydrogen (secondary N) is 1. The Morgan fingerprint density at radius 2 is 1.92 bits per heavy atom. The van der Waals surface area contributed by atoms with Crippen LogP contribution in [0.2, 0.25) is 0 Å². The van der Waals surface area contributed by atoms with Gasteiger partial charge in [0, 0.05) is 26.2 Å². The van der Waals surface area contributed by atoms with E-state index in [0.717, 1.165) is 37.6 Å². The number of rotatable bonds is 5. The second kappa shape index (κ2) is 8.02. The Bertz CT molecular complexity index is 750. The number of benzene rings is 1. The van der Waals surface area contributed by atoms with Crippen molar-refractivity contribution < 1.29 is 17.9 Å². The van der Waals surface area contributed by atoms with Crippen LogP contribution in [0.1, 0.15) is 0 Å². The maximum absolute atomic E-state index is 12.2. The molecule has 0 aromatic heterocycles. The van der Waals surface area contributed by atoms with Crippen LogP contribution in [0.15, 0.2) is 24.3 Å². The number of amides is 1. The van der Waals surface area contributed by atoms with Crippen molar-refractivity contribution in [3.63, 3.8) is 0 Å². The summed E-state index contributed by atoms with van der Waals surface area (Å²) in [6.07, 6.45) is 0. The van der Waals surface area contributed by atoms with Crippen molar-refractivity contribution in [1.82, 2.24) is 10.2 Å². The van der Waals surface area contributed by atoms with E-state index in [-0.39, 0.29) is 24.0 Å². The summed E-state index contributed by atoms with van der Waals surface area (Å²) >= 11 is 6.04. The number of hydrogen-bond donors (Lipinski definition) is 1. The molecule has 0 unspecified atom stereocenters. The molecule has 0 bridgehead atoms. The van der Waals surface area contributed by atoms with E-state index in [4.69, 9.17) is 16.3 Å². The normalized spacial score (nSPS) is 25.8. The molecule has 2 aliphatic heterocycles. The van der Waals surface area contributed by atoms with E-state index in [1.54, 1.807) is 7.11 Å². The Morgan fingerprint density at radius 1 is 1.23 bits per heavy atom. The minimum atomic E-state index is -3.15. The van der Waals surface area contributed by atoms with Crippen LogP contribution in [0, 0.1) is 0 Å². The number of hydrogen-bond acceptors (Lipinski definition) is 6. The lowest BCUT2D eigenvalue weighted by atomic mass is 10.2. The zero-order valence-corrected chi connectivity index (χ0v) is 16.3. The molecule has 1 N–H and O–H groups in total. The molecule has 26 heavy (non-hydrogen) atoms. The number of halogens is 1. The van der Waals surface area contributed by atoms with Crippen molar-refractivity contribution in [2.24, 2.45) is 0 Å². The maximum atomic E-state index is 12.2. The number of carbonyl (C=O) groups is 1. The number of nitrogens with zero attached hydrogens (tertiary/aromatic N) is 2. The van der Waals surface area contributed by atoms with Crippen LogP contribution >= 0.6 is 11.6 Å². The number of para-hydroxylation sites is 2. The van der Waals surface area contributed by atoms with Gasteiger partial charge < -0.3 is 15.0 Å². The maximum Gasteiger partial charge on any atom is 0.234 e. The van der Waals surface area contributed by atoms with Gasteiger partial charge in [-0.25, -0.2) is 8.42 Å². The molecule has 2 fully saturated rings. The lowest BCUT2D eigenvalue weighted by Crippen LogP contribution is -2.51. The van der Waals surface area contributed by atoms with Crippen LogP contribution in [0.5, 0.6) is 5.75 Å². The Kier molecular flexibility index (Phi) is 5.94. The number of carbonyl (C=O) groups excluding carboxylic acids is 1. The van der Waals surface area contributed by atoms with Gasteiger partial charge in [-0.3, -0.25) is 9.69 Å². The minimum Gasteiger partial charge on any atom is -0.495 e. The molecule has 144 valence electrons. The first-order valence-corrected chi connectivity index (χ1v) is 10.9. The summed E-state index contributed by atoms with van der Waals surface area (Å²) in [4.78, 5) is 16.5. The summed E-state index contributed by atoms with van der Waals surface area (Å²) in [5, 5.41) is 2.22. The van der Waals surface area contributed by atoms with Crippen LogP contribution in [-0.4, -0.2) is 82.0 Å². The van der Waals surface area contributed by atoms with Crippen molar-refractivity contribution >= 4 is 33.0 Å². The summed E-state index contributed by atoms with van der Waals surface area (Å²) in [7, 11) is -1.49. The predicted molar refractivity (Wildman–Crippen MR) is 102 cm³/mol. The molecule has 0 radical (unpaired) electrons. The molecule has 0 saturated carbocycles. The highest BCUT2D eigenvalue weighted by atomic mass is 35.5. The van der Waals surface area contributed by atoms with Crippen molar-refractivity contribution in [1.29, 1.82) is 0 Å². The van der Waals surface area contributed by atoms with Gasteiger partial charge in [-0.1, -0.05) is 12.1 Å². The Hall–Kier alpha value is -1.51. The van der Waals surface area contributed by atoms with Gasteiger partial charge in [0.1, 0.15) is 5.75 Å². The average molecular weight is 402 g/mol. The zero-order valence-electron chi connectivity index (χ0n) is 14.7. The summed E-state index contributed by atoms with van der Waals surface area (Å²) in [5.41, 5.74) is 1.06. The largest absolute Gasteiger partial charge is 0.495 e. The predicted octanol–water partition coefficient (Wildman–Crippen LogP) is 0.338. The molecule has 9 heteroatoms. The third-order valence-electron chi connectivity index (χ3n) is 4.79. The number of alkyl halides is 1. The van der Waals surface area contributed by atoms with Crippen LogP contribution in [0.25, 0.3) is 0 Å². The van der Waals surface area contributed by atoms with Crippen molar-refractivity contribution in [2.45, 2.75) is 11.4 Å². The first kappa shape index (κ1) is 19.3. The SMILES string of the molecule is COc1ccccc1N1CCN(CC(=O)N[C@H]2CS(=O)(=O)C[C@@H]2Cl)CC1. The van der Waals surface area contributed by atoms with E-state index in [2.05, 4.69) is 15.1 Å². The van der Waals surface area contributed by atoms with Gasteiger partial charge in [-0.2, -0.15) is 0 Å². The number of sulfone groups is 1. The summed E-state index contributed by atoms with van der Waals surface area (Å²) < 4.78 is 28.6. The molecule has 0 spiro atoms. The van der Waals surface area contributed by atoms with Gasteiger partial charge in [0.15, 0.2) is 9.84 Å². The van der Waals surface area contributed by atoms with Crippen LogP contribution in [0.4, 0.5) is 5.69 Å². The zero-order chi connectivity index (χ0) is 18.7. The highest BCUT2D eigenvalue weighted by molar-refractivity contribution is 7.91. The van der Waals surface area contributed by atoms with E-state index in [0.29, 0.717) is 0 Å². The number of anilines is 1. The third-order valence-corrected chi connectivity index (χ3v) is 7.17. The van der Waals surface area contributed by atoms with E-state index < -0.39 is 21.3 Å². The first-order chi connectivity index (χ1) is 12.4. The third kappa shape index (κ3) is 4.61. The van der Waals surface area contributed by atoms with Gasteiger partial charge in [0.25, 0.3) is 0 Å². The molecule has 3 rings (SSSR count). The fourth-order valence-corrected chi connectivity index (χ4v) is 5.98. The number of piperazine rings is 1. The summed E-state index contributed by atoms with van der Waals surface area (Å²) in [6.45, 7) is 3.34. The van der Waals surface area contributed by atoms with Gasteiger partial charge in [0.05, 0.1) is 42.3 Å². The second-order valence-corrected chi connectivity index (χ2v) is 9.42. The van der Waals surface area contributed by atoms with E-state index >= 15 is 0 Å². The van der Waals surface area contributed by atoms with Crippen LogP contribution in [-0.2, 0) is 14.6 Å². The molecule has 1 amide bonds. The van der Waals surface area contributed by atoms with Crippen molar-refractivity contribution in [3.05, 3.63) is 24.3 Å². The molecular formula is C17H24ClN3O4S. The average Bonchev–Trinajstić information content (AvgIpc) is 2.87. The van der Waals surface area contributed by atoms with E-state index in [1.165, 1.54) is 0 Å². The van der Waals surface area contributed by atoms with Gasteiger partial charge in [-0.15, -0.1) is 11.6 Å². The molecule has 2 atom stereocenters. The molecule has 2 heterocycles. The Labute approximate surface area is 159 Å². The molecule has 2 aliphatic rings. The lowest BCUT2D eigenvalue weighted by molar-refractivity contribution is -0.122. The van der Waals surface area contributed by atoms with Crippen molar-refractivity contribution in [3.8, 4) is 5.75 Å². The smallest absolute Gasteiger partial charge is 0.234 e.